The molecule has 176 valence electrons. The molecular formula is C23H27N3O5S2. The highest BCUT2D eigenvalue weighted by molar-refractivity contribution is 7.91. The van der Waals surface area contributed by atoms with E-state index in [1.54, 1.807) is 49.5 Å². The molecular weight excluding hydrogens is 462 g/mol. The summed E-state index contributed by atoms with van der Waals surface area (Å²) in [6, 6.07) is 10.4. The lowest BCUT2D eigenvalue weighted by Crippen LogP contribution is -2.35. The Morgan fingerprint density at radius 1 is 1.09 bits per heavy atom. The molecule has 1 heterocycles. The van der Waals surface area contributed by atoms with Gasteiger partial charge in [-0.05, 0) is 50.0 Å². The summed E-state index contributed by atoms with van der Waals surface area (Å²) in [6.45, 7) is 1.01. The van der Waals surface area contributed by atoms with Crippen LogP contribution in [-0.2, 0) is 14.6 Å². The molecule has 0 atom stereocenters. The minimum Gasteiger partial charge on any atom is -0.493 e. The molecule has 0 saturated carbocycles. The molecule has 8 nitrogen and oxygen atoms in total. The molecule has 0 saturated heterocycles. The second-order valence-corrected chi connectivity index (χ2v) is 10.6. The number of aromatic nitrogens is 1. The van der Waals surface area contributed by atoms with Gasteiger partial charge in [0.05, 0.1) is 23.8 Å². The third kappa shape index (κ3) is 5.89. The van der Waals surface area contributed by atoms with Crippen molar-refractivity contribution in [2.24, 2.45) is 0 Å². The Bertz CT molecular complexity index is 1280. The zero-order valence-electron chi connectivity index (χ0n) is 19.2. The van der Waals surface area contributed by atoms with Crippen LogP contribution in [0.5, 0.6) is 11.5 Å². The number of methoxy groups -OCH3 is 2. The van der Waals surface area contributed by atoms with E-state index < -0.39 is 9.84 Å². The number of anilines is 1. The highest BCUT2D eigenvalue weighted by atomic mass is 32.2. The first kappa shape index (κ1) is 24.7. The molecule has 2 aromatic carbocycles. The number of hydrogen-bond donors (Lipinski definition) is 0. The van der Waals surface area contributed by atoms with Crippen LogP contribution in [0.2, 0.25) is 0 Å². The van der Waals surface area contributed by atoms with Crippen molar-refractivity contribution >= 4 is 48.5 Å². The minimum atomic E-state index is -3.45. The number of para-hydroxylation sites is 1. The predicted octanol–water partition coefficient (Wildman–Crippen LogP) is 3.33. The Kier molecular flexibility index (Phi) is 7.72. The molecule has 1 aromatic heterocycles. The highest BCUT2D eigenvalue weighted by Crippen LogP contribution is 2.33. The van der Waals surface area contributed by atoms with Crippen molar-refractivity contribution in [3.8, 4) is 11.5 Å². The zero-order chi connectivity index (χ0) is 24.2. The van der Waals surface area contributed by atoms with Crippen molar-refractivity contribution in [1.82, 2.24) is 9.88 Å². The number of amides is 1. The fourth-order valence-electron chi connectivity index (χ4n) is 3.14. The van der Waals surface area contributed by atoms with Gasteiger partial charge in [-0.2, -0.15) is 0 Å². The van der Waals surface area contributed by atoms with E-state index in [0.717, 1.165) is 11.8 Å². The number of carbonyl (C=O) groups is 1. The van der Waals surface area contributed by atoms with Gasteiger partial charge in [-0.15, -0.1) is 0 Å². The number of ether oxygens (including phenoxy) is 2. The number of nitrogens with zero attached hydrogens (tertiary/aromatic N) is 3. The lowest BCUT2D eigenvalue weighted by atomic mass is 10.2. The largest absolute Gasteiger partial charge is 0.493 e. The smallest absolute Gasteiger partial charge is 0.252 e. The molecule has 3 rings (SSSR count). The van der Waals surface area contributed by atoms with Crippen LogP contribution in [0.3, 0.4) is 0 Å². The second-order valence-electron chi connectivity index (χ2n) is 7.61. The standard InChI is InChI=1S/C23H27N3O5S2/c1-25(2)13-14-26(21(27)12-10-16-9-11-17(30-3)18(15-16)31-4)23-24-22-19(32-23)7-6-8-20(22)33(5,28)29/h6-12,15H,13-14H2,1-5H3. The normalized spacial score (nSPS) is 11.9. The Morgan fingerprint density at radius 3 is 2.45 bits per heavy atom. The number of benzene rings is 2. The highest BCUT2D eigenvalue weighted by Gasteiger charge is 2.21. The summed E-state index contributed by atoms with van der Waals surface area (Å²) in [7, 11) is 3.50. The maximum absolute atomic E-state index is 13.2. The van der Waals surface area contributed by atoms with Crippen LogP contribution in [-0.4, -0.2) is 71.9 Å². The van der Waals surface area contributed by atoms with Gasteiger partial charge >= 0.3 is 0 Å². The van der Waals surface area contributed by atoms with Crippen molar-refractivity contribution < 1.29 is 22.7 Å². The van der Waals surface area contributed by atoms with Crippen molar-refractivity contribution in [1.29, 1.82) is 0 Å². The van der Waals surface area contributed by atoms with Crippen LogP contribution in [0.1, 0.15) is 5.56 Å². The summed E-state index contributed by atoms with van der Waals surface area (Å²) in [6.07, 6.45) is 4.32. The van der Waals surface area contributed by atoms with E-state index in [2.05, 4.69) is 4.98 Å². The van der Waals surface area contributed by atoms with E-state index in [1.165, 1.54) is 23.5 Å². The number of carbonyl (C=O) groups excluding carboxylic acids is 1. The molecule has 33 heavy (non-hydrogen) atoms. The molecule has 10 heteroatoms. The quantitative estimate of drug-likeness (QED) is 0.426. The van der Waals surface area contributed by atoms with E-state index in [4.69, 9.17) is 9.47 Å². The van der Waals surface area contributed by atoms with Gasteiger partial charge < -0.3 is 14.4 Å². The molecule has 0 aliphatic rings. The SMILES string of the molecule is COc1ccc(C=CC(=O)N(CCN(C)C)c2nc3c(S(C)(=O)=O)cccc3s2)cc1OC. The van der Waals surface area contributed by atoms with Crippen LogP contribution >= 0.6 is 11.3 Å². The van der Waals surface area contributed by atoms with Gasteiger partial charge in [0.2, 0.25) is 0 Å². The third-order valence-electron chi connectivity index (χ3n) is 4.86. The minimum absolute atomic E-state index is 0.156. The molecule has 3 aromatic rings. The maximum atomic E-state index is 13.2. The summed E-state index contributed by atoms with van der Waals surface area (Å²) in [5.74, 6) is 0.910. The Morgan fingerprint density at radius 2 is 1.82 bits per heavy atom. The number of thiazole rings is 1. The number of hydrogen-bond acceptors (Lipinski definition) is 8. The van der Waals surface area contributed by atoms with E-state index in [-0.39, 0.29) is 10.8 Å². The van der Waals surface area contributed by atoms with Gasteiger partial charge in [-0.1, -0.05) is 23.5 Å². The summed E-state index contributed by atoms with van der Waals surface area (Å²) in [5, 5.41) is 0.449. The van der Waals surface area contributed by atoms with Crippen molar-refractivity contribution in [2.45, 2.75) is 4.90 Å². The Balaban J connectivity index is 1.96. The first-order valence-corrected chi connectivity index (χ1v) is 12.8. The molecule has 0 aliphatic heterocycles. The van der Waals surface area contributed by atoms with Crippen LogP contribution in [0.15, 0.2) is 47.4 Å². The molecule has 0 bridgehead atoms. The first-order valence-electron chi connectivity index (χ1n) is 10.1. The molecule has 0 radical (unpaired) electrons. The van der Waals surface area contributed by atoms with Gasteiger partial charge in [-0.3, -0.25) is 9.69 Å². The molecule has 0 fully saturated rings. The fourth-order valence-corrected chi connectivity index (χ4v) is 5.06. The Labute approximate surface area is 198 Å². The van der Waals surface area contributed by atoms with E-state index in [1.807, 2.05) is 25.1 Å². The number of sulfone groups is 1. The van der Waals surface area contributed by atoms with Gasteiger partial charge in [0, 0.05) is 25.4 Å². The lowest BCUT2D eigenvalue weighted by molar-refractivity contribution is -0.114. The number of likely N-dealkylation sites (N-methyl/N-ethyl adjacent to an activating group) is 1. The lowest BCUT2D eigenvalue weighted by Gasteiger charge is -2.20. The van der Waals surface area contributed by atoms with E-state index in [0.29, 0.717) is 39.9 Å². The van der Waals surface area contributed by atoms with Crippen LogP contribution < -0.4 is 14.4 Å². The molecule has 0 unspecified atom stereocenters. The monoisotopic (exact) mass is 489 g/mol. The van der Waals surface area contributed by atoms with E-state index >= 15 is 0 Å². The summed E-state index contributed by atoms with van der Waals surface area (Å²) in [5.41, 5.74) is 1.16. The van der Waals surface area contributed by atoms with E-state index in [9.17, 15) is 13.2 Å². The summed E-state index contributed by atoms with van der Waals surface area (Å²) >= 11 is 1.29. The molecule has 1 amide bonds. The van der Waals surface area contributed by atoms with Crippen LogP contribution in [0, 0.1) is 0 Å². The molecule has 0 N–H and O–H groups in total. The summed E-state index contributed by atoms with van der Waals surface area (Å²) < 4.78 is 35.6. The first-order chi connectivity index (χ1) is 15.6. The van der Waals surface area contributed by atoms with Crippen LogP contribution in [0.25, 0.3) is 16.3 Å². The molecule has 0 spiro atoms. The van der Waals surface area contributed by atoms with Gasteiger partial charge in [-0.25, -0.2) is 13.4 Å². The molecule has 0 aliphatic carbocycles. The predicted molar refractivity (Wildman–Crippen MR) is 132 cm³/mol. The Hall–Kier alpha value is -2.95. The maximum Gasteiger partial charge on any atom is 0.252 e. The van der Waals surface area contributed by atoms with Crippen molar-refractivity contribution in [3.05, 3.63) is 48.0 Å². The van der Waals surface area contributed by atoms with Gasteiger partial charge in [0.25, 0.3) is 5.91 Å². The fraction of sp³-hybridized carbons (Fsp3) is 0.304. The van der Waals surface area contributed by atoms with Gasteiger partial charge in [0.1, 0.15) is 5.52 Å². The second kappa shape index (κ2) is 10.3. The number of fused-ring (bicyclic) bond motifs is 1. The topological polar surface area (TPSA) is 89.0 Å². The summed E-state index contributed by atoms with van der Waals surface area (Å²) in [4.78, 5) is 21.4. The van der Waals surface area contributed by atoms with Crippen molar-refractivity contribution in [3.63, 3.8) is 0 Å². The zero-order valence-corrected chi connectivity index (χ0v) is 20.9. The third-order valence-corrected chi connectivity index (χ3v) is 7.04. The average molecular weight is 490 g/mol. The van der Waals surface area contributed by atoms with Crippen LogP contribution in [0.4, 0.5) is 5.13 Å². The average Bonchev–Trinajstić information content (AvgIpc) is 3.20. The number of rotatable bonds is 9. The van der Waals surface area contributed by atoms with Gasteiger partial charge in [0.15, 0.2) is 26.5 Å². The van der Waals surface area contributed by atoms with Crippen molar-refractivity contribution in [2.75, 3.05) is 52.6 Å².